The molecule has 0 bridgehead atoms. The summed E-state index contributed by atoms with van der Waals surface area (Å²) in [7, 11) is 1.84. The number of aromatic amines is 1. The fraction of sp³-hybridized carbons (Fsp3) is 0.304. The second kappa shape index (κ2) is 9.48. The van der Waals surface area contributed by atoms with Crippen molar-refractivity contribution in [3.8, 4) is 0 Å². The molecule has 33 heavy (non-hydrogen) atoms. The van der Waals surface area contributed by atoms with E-state index in [2.05, 4.69) is 20.3 Å². The minimum Gasteiger partial charge on any atom is -0.341 e. The van der Waals surface area contributed by atoms with Crippen LogP contribution in [0.1, 0.15) is 40.6 Å². The Morgan fingerprint density at radius 2 is 2.03 bits per heavy atom. The molecule has 4 aromatic rings. The zero-order valence-corrected chi connectivity index (χ0v) is 20.3. The molecule has 2 N–H and O–H groups in total. The van der Waals surface area contributed by atoms with Gasteiger partial charge >= 0.3 is 0 Å². The number of H-pyrrole nitrogens is 1. The van der Waals surface area contributed by atoms with Crippen molar-refractivity contribution in [3.63, 3.8) is 0 Å². The minimum atomic E-state index is -0.521. The molecule has 0 spiro atoms. The first-order valence-electron chi connectivity index (χ1n) is 10.4. The number of amides is 1. The topological polar surface area (TPSA) is 92.7 Å². The number of aryl methyl sites for hydroxylation is 3. The van der Waals surface area contributed by atoms with Crippen LogP contribution in [0.3, 0.4) is 0 Å². The van der Waals surface area contributed by atoms with Crippen LogP contribution in [0.25, 0.3) is 10.2 Å². The number of halogens is 1. The van der Waals surface area contributed by atoms with Gasteiger partial charge in [0.25, 0.3) is 5.56 Å². The molecule has 3 aromatic heterocycles. The maximum Gasteiger partial charge on any atom is 0.259 e. The zero-order valence-electron chi connectivity index (χ0n) is 18.7. The van der Waals surface area contributed by atoms with Crippen LogP contribution in [0.2, 0.25) is 0 Å². The molecule has 0 saturated heterocycles. The molecule has 0 aliphatic heterocycles. The van der Waals surface area contributed by atoms with E-state index < -0.39 is 11.3 Å². The van der Waals surface area contributed by atoms with E-state index in [1.807, 2.05) is 25.5 Å². The number of thioether (sulfide) groups is 1. The molecule has 1 amide bonds. The summed E-state index contributed by atoms with van der Waals surface area (Å²) < 4.78 is 15.3. The van der Waals surface area contributed by atoms with E-state index in [0.717, 1.165) is 16.0 Å². The van der Waals surface area contributed by atoms with Gasteiger partial charge in [-0.1, -0.05) is 12.1 Å². The summed E-state index contributed by atoms with van der Waals surface area (Å²) in [6, 6.07) is 5.49. The Kier molecular flexibility index (Phi) is 6.66. The van der Waals surface area contributed by atoms with E-state index in [1.165, 1.54) is 35.2 Å². The number of hydrogen-bond donors (Lipinski definition) is 2. The van der Waals surface area contributed by atoms with Gasteiger partial charge in [-0.15, -0.1) is 23.1 Å². The number of nitrogens with one attached hydrogen (secondary N) is 2. The Labute approximate surface area is 198 Å². The number of carbonyl (C=O) groups is 1. The third-order valence-corrected chi connectivity index (χ3v) is 7.79. The summed E-state index contributed by atoms with van der Waals surface area (Å²) >= 11 is 2.88. The van der Waals surface area contributed by atoms with Crippen molar-refractivity contribution in [1.82, 2.24) is 24.8 Å². The minimum absolute atomic E-state index is 0.152. The van der Waals surface area contributed by atoms with Crippen LogP contribution in [0.15, 0.2) is 41.5 Å². The summed E-state index contributed by atoms with van der Waals surface area (Å²) in [5.74, 6) is 1.04. The molecule has 2 atom stereocenters. The summed E-state index contributed by atoms with van der Waals surface area (Å²) in [5.41, 5.74) is 1.54. The lowest BCUT2D eigenvalue weighted by Crippen LogP contribution is -2.36. The van der Waals surface area contributed by atoms with Crippen LogP contribution >= 0.6 is 23.1 Å². The van der Waals surface area contributed by atoms with E-state index in [0.29, 0.717) is 27.6 Å². The molecular weight excluding hydrogens is 461 g/mol. The first kappa shape index (κ1) is 23.2. The van der Waals surface area contributed by atoms with Gasteiger partial charge < -0.3 is 14.9 Å². The van der Waals surface area contributed by atoms with Crippen LogP contribution in [0.4, 0.5) is 4.39 Å². The summed E-state index contributed by atoms with van der Waals surface area (Å²) in [5, 5.41) is 3.25. The lowest BCUT2D eigenvalue weighted by molar-refractivity contribution is -0.120. The monoisotopic (exact) mass is 485 g/mol. The van der Waals surface area contributed by atoms with Gasteiger partial charge in [-0.3, -0.25) is 9.59 Å². The van der Waals surface area contributed by atoms with E-state index in [9.17, 15) is 14.0 Å². The number of nitrogens with zero attached hydrogens (tertiary/aromatic N) is 3. The highest BCUT2D eigenvalue weighted by Gasteiger charge is 2.24. The molecule has 3 heterocycles. The van der Waals surface area contributed by atoms with Crippen molar-refractivity contribution in [3.05, 3.63) is 80.5 Å². The van der Waals surface area contributed by atoms with Gasteiger partial charge in [0.05, 0.1) is 16.4 Å². The van der Waals surface area contributed by atoms with Gasteiger partial charge in [-0.2, -0.15) is 0 Å². The zero-order chi connectivity index (χ0) is 23.7. The molecule has 0 unspecified atom stereocenters. The number of aromatic nitrogens is 4. The van der Waals surface area contributed by atoms with Crippen molar-refractivity contribution in [2.24, 2.45) is 7.05 Å². The molecule has 0 radical (unpaired) electrons. The summed E-state index contributed by atoms with van der Waals surface area (Å²) in [4.78, 5) is 39.1. The molecule has 172 valence electrons. The number of carbonyl (C=O) groups excluding carboxylic acids is 1. The second-order valence-corrected chi connectivity index (χ2v) is 10.4. The third kappa shape index (κ3) is 4.86. The summed E-state index contributed by atoms with van der Waals surface area (Å²) in [6.45, 7) is 5.70. The number of rotatable bonds is 7. The van der Waals surface area contributed by atoms with Crippen LogP contribution in [-0.4, -0.2) is 30.7 Å². The van der Waals surface area contributed by atoms with Crippen LogP contribution in [0, 0.1) is 19.7 Å². The van der Waals surface area contributed by atoms with Gasteiger partial charge in [-0.05, 0) is 44.0 Å². The van der Waals surface area contributed by atoms with E-state index >= 15 is 0 Å². The molecular formula is C23H24FN5O2S2. The lowest BCUT2D eigenvalue weighted by atomic mass is 10.1. The molecule has 7 nitrogen and oxygen atoms in total. The number of thiophene rings is 1. The number of imidazole rings is 1. The normalized spacial score (nSPS) is 13.2. The Bertz CT molecular complexity index is 1360. The predicted molar refractivity (Wildman–Crippen MR) is 130 cm³/mol. The van der Waals surface area contributed by atoms with Crippen molar-refractivity contribution in [2.45, 2.75) is 37.8 Å². The van der Waals surface area contributed by atoms with E-state index in [-0.39, 0.29) is 17.3 Å². The highest BCUT2D eigenvalue weighted by Crippen LogP contribution is 2.27. The Morgan fingerprint density at radius 3 is 2.70 bits per heavy atom. The van der Waals surface area contributed by atoms with Crippen molar-refractivity contribution < 1.29 is 9.18 Å². The van der Waals surface area contributed by atoms with Gasteiger partial charge in [0, 0.05) is 24.3 Å². The fourth-order valence-electron chi connectivity index (χ4n) is 3.51. The maximum absolute atomic E-state index is 13.4. The average Bonchev–Trinajstić information content (AvgIpc) is 3.33. The van der Waals surface area contributed by atoms with E-state index in [4.69, 9.17) is 0 Å². The molecule has 0 aliphatic carbocycles. The second-order valence-electron chi connectivity index (χ2n) is 7.82. The number of benzene rings is 1. The first-order chi connectivity index (χ1) is 15.7. The molecule has 4 rings (SSSR count). The van der Waals surface area contributed by atoms with Crippen LogP contribution < -0.4 is 10.9 Å². The molecule has 10 heteroatoms. The Balaban J connectivity index is 1.49. The largest absolute Gasteiger partial charge is 0.341 e. The van der Waals surface area contributed by atoms with Gasteiger partial charge in [0.2, 0.25) is 5.91 Å². The highest BCUT2D eigenvalue weighted by atomic mass is 32.2. The van der Waals surface area contributed by atoms with Crippen molar-refractivity contribution in [1.29, 1.82) is 0 Å². The van der Waals surface area contributed by atoms with Gasteiger partial charge in [-0.25, -0.2) is 14.4 Å². The molecule has 0 saturated carbocycles. The fourth-order valence-corrected chi connectivity index (χ4v) is 5.33. The Hall–Kier alpha value is -2.98. The highest BCUT2D eigenvalue weighted by molar-refractivity contribution is 7.99. The van der Waals surface area contributed by atoms with Crippen LogP contribution in [-0.2, 0) is 17.6 Å². The van der Waals surface area contributed by atoms with Crippen molar-refractivity contribution >= 4 is 39.2 Å². The maximum atomic E-state index is 13.4. The predicted octanol–water partition coefficient (Wildman–Crippen LogP) is 4.00. The SMILES string of the molecule is Cc1sc2nc(CS[C@@H](C)C(=O)N[C@@H](c3ccc(F)cc3)c3nccn3C)[nH]c(=O)c2c1C. The smallest absolute Gasteiger partial charge is 0.259 e. The molecule has 0 fully saturated rings. The third-order valence-electron chi connectivity index (χ3n) is 5.53. The molecule has 1 aromatic carbocycles. The molecule has 0 aliphatic rings. The summed E-state index contributed by atoms with van der Waals surface area (Å²) in [6.07, 6.45) is 3.45. The van der Waals surface area contributed by atoms with Crippen LogP contribution in [0.5, 0.6) is 0 Å². The first-order valence-corrected chi connectivity index (χ1v) is 12.2. The number of hydrogen-bond acceptors (Lipinski definition) is 6. The standard InChI is InChI=1S/C23H24FN5O2S2/c1-12-13(2)33-23-18(12)22(31)26-17(27-23)11-32-14(3)21(30)28-19(20-25-9-10-29(20)4)15-5-7-16(24)8-6-15/h5-10,14,19H,11H2,1-4H3,(H,28,30)(H,26,27,31)/t14-,19-/m0/s1. The quantitative estimate of drug-likeness (QED) is 0.413. The van der Waals surface area contributed by atoms with Gasteiger partial charge in [0.1, 0.15) is 28.3 Å². The van der Waals surface area contributed by atoms with E-state index in [1.54, 1.807) is 31.5 Å². The lowest BCUT2D eigenvalue weighted by Gasteiger charge is -2.21. The van der Waals surface area contributed by atoms with Gasteiger partial charge in [0.15, 0.2) is 0 Å². The average molecular weight is 486 g/mol. The number of fused-ring (bicyclic) bond motifs is 1. The van der Waals surface area contributed by atoms with Crippen molar-refractivity contribution in [2.75, 3.05) is 0 Å². The Morgan fingerprint density at radius 1 is 1.30 bits per heavy atom.